The molecule has 0 bridgehead atoms. The molecule has 1 aromatic carbocycles. The van der Waals surface area contributed by atoms with Crippen LogP contribution in [0.4, 0.5) is 10.5 Å². The number of carboxylic acid groups (broad SMARTS) is 1. The molecule has 0 radical (unpaired) electrons. The fourth-order valence-electron chi connectivity index (χ4n) is 3.18. The van der Waals surface area contributed by atoms with E-state index in [1.54, 1.807) is 12.1 Å². The number of carbonyl (C=O) groups excluding carboxylic acids is 1. The third-order valence-electron chi connectivity index (χ3n) is 4.47. The van der Waals surface area contributed by atoms with Crippen LogP contribution in [0, 0.1) is 0 Å². The zero-order valence-corrected chi connectivity index (χ0v) is 17.3. The van der Waals surface area contributed by atoms with Crippen molar-refractivity contribution >= 4 is 21.8 Å². The van der Waals surface area contributed by atoms with Gasteiger partial charge < -0.3 is 19.2 Å². The lowest BCUT2D eigenvalue weighted by atomic mass is 10.1. The Bertz CT molecular complexity index is 841. The molecule has 28 heavy (non-hydrogen) atoms. The van der Waals surface area contributed by atoms with Crippen molar-refractivity contribution in [2.24, 2.45) is 0 Å². The van der Waals surface area contributed by atoms with Gasteiger partial charge in [-0.2, -0.15) is 4.31 Å². The highest BCUT2D eigenvalue weighted by Crippen LogP contribution is 2.31. The van der Waals surface area contributed by atoms with E-state index in [-0.39, 0.29) is 4.90 Å². The van der Waals surface area contributed by atoms with E-state index in [0.717, 1.165) is 17.7 Å². The highest BCUT2D eigenvalue weighted by atomic mass is 32.2. The van der Waals surface area contributed by atoms with Crippen LogP contribution >= 0.6 is 0 Å². The average Bonchev–Trinajstić information content (AvgIpc) is 3.20. The van der Waals surface area contributed by atoms with Crippen molar-refractivity contribution in [1.82, 2.24) is 4.31 Å². The number of nitrogens with zero attached hydrogens (tertiary/aromatic N) is 2. The predicted molar refractivity (Wildman–Crippen MR) is 105 cm³/mol. The van der Waals surface area contributed by atoms with E-state index in [4.69, 9.17) is 4.42 Å². The standard InChI is InChI=1S/C20H28N2O5S/c1-4-13-21(14-5-2)28(25,26)17-11-9-16(10-12-17)22(20(23)24)18(6-3)19-8-7-15-27-19/h7-12,15,18H,4-6,13-14H2,1-3H3,(H,23,24)/p-1. The van der Waals surface area contributed by atoms with E-state index in [2.05, 4.69) is 0 Å². The summed E-state index contributed by atoms with van der Waals surface area (Å²) in [5.74, 6) is 0.500. The van der Waals surface area contributed by atoms with Gasteiger partial charge in [-0.3, -0.25) is 0 Å². The van der Waals surface area contributed by atoms with Crippen molar-refractivity contribution < 1.29 is 22.7 Å². The normalized spacial score (nSPS) is 12.9. The fourth-order valence-corrected chi connectivity index (χ4v) is 4.81. The van der Waals surface area contributed by atoms with Crippen LogP contribution in [0.1, 0.15) is 51.8 Å². The van der Waals surface area contributed by atoms with Gasteiger partial charge in [0.05, 0.1) is 17.2 Å². The first-order valence-corrected chi connectivity index (χ1v) is 10.9. The topological polar surface area (TPSA) is 93.9 Å². The van der Waals surface area contributed by atoms with Crippen LogP contribution in [-0.2, 0) is 10.0 Å². The second kappa shape index (κ2) is 9.75. The van der Waals surface area contributed by atoms with Crippen molar-refractivity contribution in [1.29, 1.82) is 0 Å². The lowest BCUT2D eigenvalue weighted by molar-refractivity contribution is -0.247. The van der Waals surface area contributed by atoms with E-state index >= 15 is 0 Å². The van der Waals surface area contributed by atoms with E-state index in [1.807, 2.05) is 20.8 Å². The summed E-state index contributed by atoms with van der Waals surface area (Å²) in [5, 5.41) is 11.8. The summed E-state index contributed by atoms with van der Waals surface area (Å²) in [6.45, 7) is 6.59. The van der Waals surface area contributed by atoms with E-state index in [0.29, 0.717) is 31.0 Å². The number of rotatable bonds is 10. The van der Waals surface area contributed by atoms with E-state index < -0.39 is 22.2 Å². The lowest BCUT2D eigenvalue weighted by Crippen LogP contribution is -2.43. The molecule has 1 aromatic heterocycles. The maximum atomic E-state index is 12.9. The summed E-state index contributed by atoms with van der Waals surface area (Å²) >= 11 is 0. The Hall–Kier alpha value is -2.32. The monoisotopic (exact) mass is 407 g/mol. The molecule has 0 spiro atoms. The highest BCUT2D eigenvalue weighted by molar-refractivity contribution is 7.89. The summed E-state index contributed by atoms with van der Waals surface area (Å²) in [6.07, 6.45) is 2.02. The third-order valence-corrected chi connectivity index (χ3v) is 6.38. The number of benzene rings is 1. The highest BCUT2D eigenvalue weighted by Gasteiger charge is 2.26. The molecule has 2 rings (SSSR count). The first-order valence-electron chi connectivity index (χ1n) is 9.50. The van der Waals surface area contributed by atoms with Crippen LogP contribution in [-0.4, -0.2) is 31.9 Å². The van der Waals surface area contributed by atoms with Gasteiger partial charge in [0, 0.05) is 18.8 Å². The van der Waals surface area contributed by atoms with Crippen LogP contribution in [0.5, 0.6) is 0 Å². The summed E-state index contributed by atoms with van der Waals surface area (Å²) in [5.41, 5.74) is 0.333. The number of amides is 1. The quantitative estimate of drug-likeness (QED) is 0.602. The van der Waals surface area contributed by atoms with Crippen LogP contribution in [0.15, 0.2) is 52.0 Å². The van der Waals surface area contributed by atoms with Crippen molar-refractivity contribution in [2.45, 2.75) is 51.0 Å². The summed E-state index contributed by atoms with van der Waals surface area (Å²) in [4.78, 5) is 13.0. The first-order chi connectivity index (χ1) is 13.4. The smallest absolute Gasteiger partial charge is 0.243 e. The van der Waals surface area contributed by atoms with Crippen LogP contribution in [0.2, 0.25) is 0 Å². The van der Waals surface area contributed by atoms with Gasteiger partial charge in [0.2, 0.25) is 10.0 Å². The molecule has 0 saturated heterocycles. The van der Waals surface area contributed by atoms with Gasteiger partial charge in [-0.1, -0.05) is 20.8 Å². The molecule has 0 N–H and O–H groups in total. The molecule has 8 heteroatoms. The molecule has 1 amide bonds. The number of anilines is 1. The first kappa shape index (κ1) is 22.0. The van der Waals surface area contributed by atoms with Crippen LogP contribution in [0.3, 0.4) is 0 Å². The SMILES string of the molecule is CCCN(CCC)S(=O)(=O)c1ccc(N(C(=O)[O-])C(CC)c2ccco2)cc1. The molecule has 0 aliphatic rings. The zero-order chi connectivity index (χ0) is 20.7. The minimum Gasteiger partial charge on any atom is -0.530 e. The Morgan fingerprint density at radius 2 is 1.68 bits per heavy atom. The summed E-state index contributed by atoms with van der Waals surface area (Å²) in [7, 11) is -3.62. The Kier molecular flexibility index (Phi) is 7.65. The van der Waals surface area contributed by atoms with Gasteiger partial charge in [0.25, 0.3) is 0 Å². The number of carbonyl (C=O) groups is 1. The van der Waals surface area contributed by atoms with Gasteiger partial charge in [-0.25, -0.2) is 8.42 Å². The molecule has 0 aliphatic heterocycles. The fraction of sp³-hybridized carbons (Fsp3) is 0.450. The molecule has 154 valence electrons. The third kappa shape index (κ3) is 4.74. The van der Waals surface area contributed by atoms with Crippen molar-refractivity contribution in [3.8, 4) is 0 Å². The Labute approximate surface area is 166 Å². The zero-order valence-electron chi connectivity index (χ0n) is 16.5. The molecule has 0 fully saturated rings. The second-order valence-corrected chi connectivity index (χ2v) is 8.41. The molecular weight excluding hydrogens is 380 g/mol. The van der Waals surface area contributed by atoms with E-state index in [1.165, 1.54) is 34.8 Å². The predicted octanol–water partition coefficient (Wildman–Crippen LogP) is 3.39. The number of hydrogen-bond donors (Lipinski definition) is 0. The summed E-state index contributed by atoms with van der Waals surface area (Å²) < 4.78 is 32.6. The maximum Gasteiger partial charge on any atom is 0.243 e. The molecule has 1 unspecified atom stereocenters. The van der Waals surface area contributed by atoms with E-state index in [9.17, 15) is 18.3 Å². The van der Waals surface area contributed by atoms with Crippen molar-refractivity contribution in [3.63, 3.8) is 0 Å². The van der Waals surface area contributed by atoms with Gasteiger partial charge in [0.1, 0.15) is 11.9 Å². The molecule has 7 nitrogen and oxygen atoms in total. The van der Waals surface area contributed by atoms with Gasteiger partial charge in [-0.05, 0) is 55.7 Å². The lowest BCUT2D eigenvalue weighted by Gasteiger charge is -2.32. The van der Waals surface area contributed by atoms with Crippen LogP contribution in [0.25, 0.3) is 0 Å². The molecular formula is C20H27N2O5S-. The van der Waals surface area contributed by atoms with Gasteiger partial charge in [0.15, 0.2) is 0 Å². The van der Waals surface area contributed by atoms with Crippen LogP contribution < -0.4 is 10.0 Å². The van der Waals surface area contributed by atoms with Crippen molar-refractivity contribution in [2.75, 3.05) is 18.0 Å². The number of furan rings is 1. The Balaban J connectivity index is 2.36. The largest absolute Gasteiger partial charge is 0.530 e. The minimum atomic E-state index is -3.62. The Morgan fingerprint density at radius 1 is 1.07 bits per heavy atom. The molecule has 0 aliphatic carbocycles. The average molecular weight is 408 g/mol. The van der Waals surface area contributed by atoms with Crippen molar-refractivity contribution in [3.05, 3.63) is 48.4 Å². The summed E-state index contributed by atoms with van der Waals surface area (Å²) in [6, 6.07) is 8.70. The van der Waals surface area contributed by atoms with Gasteiger partial charge >= 0.3 is 0 Å². The molecule has 0 saturated carbocycles. The number of sulfonamides is 1. The molecule has 1 heterocycles. The molecule has 2 aromatic rings. The molecule has 1 atom stereocenters. The number of hydrogen-bond acceptors (Lipinski definition) is 5. The maximum absolute atomic E-state index is 12.9. The Morgan fingerprint density at radius 3 is 2.11 bits per heavy atom. The second-order valence-electron chi connectivity index (χ2n) is 6.47. The van der Waals surface area contributed by atoms with Gasteiger partial charge in [-0.15, -0.1) is 0 Å². The minimum absolute atomic E-state index is 0.141.